The van der Waals surface area contributed by atoms with Gasteiger partial charge in [-0.1, -0.05) is 18.2 Å². The van der Waals surface area contributed by atoms with Crippen LogP contribution in [0.4, 0.5) is 23.0 Å². The lowest BCUT2D eigenvalue weighted by atomic mass is 9.87. The Morgan fingerprint density at radius 1 is 0.905 bits per heavy atom. The van der Waals surface area contributed by atoms with Crippen molar-refractivity contribution in [3.8, 4) is 11.5 Å². The van der Waals surface area contributed by atoms with E-state index in [1.807, 2.05) is 6.07 Å². The molecule has 5 N–H and O–H groups in total. The largest absolute Gasteiger partial charge is 0.497 e. The van der Waals surface area contributed by atoms with Gasteiger partial charge in [0.2, 0.25) is 5.91 Å². The Hall–Kier alpha value is -4.46. The molecule has 1 aliphatic heterocycles. The zero-order valence-electron chi connectivity index (χ0n) is 23.2. The van der Waals surface area contributed by atoms with Crippen LogP contribution in [0.1, 0.15) is 19.3 Å². The molecule has 0 spiro atoms. The number of para-hydroxylation sites is 2. The number of sulfonamides is 1. The molecular weight excluding hydrogens is 560 g/mol. The van der Waals surface area contributed by atoms with Crippen molar-refractivity contribution in [2.45, 2.75) is 29.7 Å². The summed E-state index contributed by atoms with van der Waals surface area (Å²) in [5, 5.41) is 5.89. The van der Waals surface area contributed by atoms with E-state index in [0.717, 1.165) is 0 Å². The second-order valence-electron chi connectivity index (χ2n) is 9.97. The Balaban J connectivity index is 1.41. The van der Waals surface area contributed by atoms with Crippen LogP contribution in [-0.2, 0) is 19.6 Å². The summed E-state index contributed by atoms with van der Waals surface area (Å²) < 4.78 is 45.7. The molecule has 1 fully saturated rings. The Morgan fingerprint density at radius 3 is 2.19 bits per heavy atom. The summed E-state index contributed by atoms with van der Waals surface area (Å²) in [7, 11) is -1.09. The van der Waals surface area contributed by atoms with Crippen molar-refractivity contribution >= 4 is 50.0 Å². The van der Waals surface area contributed by atoms with Gasteiger partial charge in [0.05, 0.1) is 30.1 Å². The van der Waals surface area contributed by atoms with Crippen LogP contribution in [-0.4, -0.2) is 57.3 Å². The zero-order valence-corrected chi connectivity index (χ0v) is 24.0. The lowest BCUT2D eigenvalue weighted by Crippen LogP contribution is -2.47. The van der Waals surface area contributed by atoms with E-state index in [1.54, 1.807) is 48.5 Å². The maximum absolute atomic E-state index is 13.6. The third-order valence-corrected chi connectivity index (χ3v) is 8.18. The lowest BCUT2D eigenvalue weighted by molar-refractivity contribution is -0.118. The van der Waals surface area contributed by atoms with Crippen molar-refractivity contribution < 1.29 is 27.4 Å². The Kier molecular flexibility index (Phi) is 8.43. The van der Waals surface area contributed by atoms with Gasteiger partial charge in [-0.05, 0) is 43.2 Å². The van der Waals surface area contributed by atoms with Crippen LogP contribution in [0.5, 0.6) is 11.5 Å². The second kappa shape index (κ2) is 12.2. The minimum absolute atomic E-state index is 0.0190. The highest BCUT2D eigenvalue weighted by Crippen LogP contribution is 2.32. The summed E-state index contributed by atoms with van der Waals surface area (Å²) in [5.41, 5.74) is 7.63. The highest BCUT2D eigenvalue weighted by atomic mass is 32.2. The topological polar surface area (TPSA) is 167 Å². The molecule has 0 atom stereocenters. The zero-order chi connectivity index (χ0) is 29.7. The summed E-state index contributed by atoms with van der Waals surface area (Å²) in [6.07, 6.45) is 1.25. The van der Waals surface area contributed by atoms with E-state index in [4.69, 9.17) is 19.9 Å². The van der Waals surface area contributed by atoms with E-state index < -0.39 is 15.6 Å². The number of benzene rings is 3. The fourth-order valence-corrected chi connectivity index (χ4v) is 5.64. The molecule has 0 aliphatic carbocycles. The van der Waals surface area contributed by atoms with Crippen LogP contribution < -0.4 is 30.6 Å². The van der Waals surface area contributed by atoms with Crippen molar-refractivity contribution in [3.63, 3.8) is 0 Å². The molecule has 1 amide bonds. The minimum atomic E-state index is -4.15. The van der Waals surface area contributed by atoms with Crippen LogP contribution >= 0.6 is 0 Å². The molecular formula is C29H32N6O6S. The van der Waals surface area contributed by atoms with E-state index in [-0.39, 0.29) is 28.9 Å². The summed E-state index contributed by atoms with van der Waals surface area (Å²) in [4.78, 5) is 21.8. The number of hydrogen-bond acceptors (Lipinski definition) is 10. The van der Waals surface area contributed by atoms with E-state index in [0.29, 0.717) is 60.0 Å². The number of nitrogens with zero attached hydrogens (tertiary/aromatic N) is 2. The van der Waals surface area contributed by atoms with Crippen molar-refractivity contribution in [3.05, 3.63) is 66.7 Å². The average molecular weight is 593 g/mol. The highest BCUT2D eigenvalue weighted by Gasteiger charge is 2.30. The smallest absolute Gasteiger partial charge is 0.263 e. The van der Waals surface area contributed by atoms with Gasteiger partial charge in [-0.15, -0.1) is 0 Å². The first-order valence-corrected chi connectivity index (χ1v) is 14.7. The number of ether oxygens (including phenoxy) is 3. The van der Waals surface area contributed by atoms with Gasteiger partial charge < -0.3 is 30.6 Å². The number of methoxy groups -OCH3 is 2. The molecule has 42 heavy (non-hydrogen) atoms. The standard InChI is InChI=1S/C29H32N6O6S/c1-39-21-14-20(15-22(17-21)40-2)32-27-28(34-25-9-4-3-8-24(25)33-27)35-42(37,38)23-7-5-6-19(16-23)31-26(36)18-29(30)10-12-41-13-11-29/h3-9,14-17H,10-13,18,30H2,1-2H3,(H,31,36)(H,32,33)(H,34,35). The van der Waals surface area contributed by atoms with Gasteiger partial charge in [0.25, 0.3) is 10.0 Å². The molecule has 13 heteroatoms. The number of anilines is 4. The third-order valence-electron chi connectivity index (χ3n) is 6.85. The summed E-state index contributed by atoms with van der Waals surface area (Å²) in [5.74, 6) is 0.909. The number of hydrogen-bond donors (Lipinski definition) is 4. The molecule has 12 nitrogen and oxygen atoms in total. The maximum Gasteiger partial charge on any atom is 0.263 e. The number of carbonyl (C=O) groups excluding carboxylic acids is 1. The second-order valence-corrected chi connectivity index (χ2v) is 11.7. The predicted octanol–water partition coefficient (Wildman–Crippen LogP) is 4.03. The molecule has 0 saturated carbocycles. The van der Waals surface area contributed by atoms with Crippen molar-refractivity contribution in [2.24, 2.45) is 5.73 Å². The van der Waals surface area contributed by atoms with Gasteiger partial charge in [-0.2, -0.15) is 0 Å². The Labute approximate surface area is 243 Å². The molecule has 4 aromatic rings. The first kappa shape index (κ1) is 29.0. The number of fused-ring (bicyclic) bond motifs is 1. The Bertz CT molecular complexity index is 1690. The molecule has 3 aromatic carbocycles. The fraction of sp³-hybridized carbons (Fsp3) is 0.276. The number of rotatable bonds is 10. The van der Waals surface area contributed by atoms with Gasteiger partial charge in [0, 0.05) is 54.7 Å². The van der Waals surface area contributed by atoms with Crippen LogP contribution in [0.15, 0.2) is 71.6 Å². The third kappa shape index (κ3) is 6.87. The number of aromatic nitrogens is 2. The van der Waals surface area contributed by atoms with Crippen molar-refractivity contribution in [2.75, 3.05) is 42.8 Å². The van der Waals surface area contributed by atoms with E-state index in [1.165, 1.54) is 26.4 Å². The first-order valence-electron chi connectivity index (χ1n) is 13.2. The summed E-state index contributed by atoms with van der Waals surface area (Å²) >= 11 is 0. The minimum Gasteiger partial charge on any atom is -0.497 e. The molecule has 0 bridgehead atoms. The normalized spacial score (nSPS) is 14.6. The SMILES string of the molecule is COc1cc(Nc2nc3ccccc3nc2NS(=O)(=O)c2cccc(NC(=O)CC3(N)CCOCC3)c2)cc(OC)c1. The molecule has 1 saturated heterocycles. The average Bonchev–Trinajstić information content (AvgIpc) is 2.97. The van der Waals surface area contributed by atoms with Gasteiger partial charge in [-0.3, -0.25) is 9.52 Å². The molecule has 220 valence electrons. The summed E-state index contributed by atoms with van der Waals surface area (Å²) in [6, 6.07) is 18.2. The number of nitrogens with one attached hydrogen (secondary N) is 3. The van der Waals surface area contributed by atoms with Gasteiger partial charge in [0.1, 0.15) is 11.5 Å². The number of amides is 1. The van der Waals surface area contributed by atoms with Crippen molar-refractivity contribution in [1.82, 2.24) is 9.97 Å². The van der Waals surface area contributed by atoms with Crippen molar-refractivity contribution in [1.29, 1.82) is 0 Å². The monoisotopic (exact) mass is 592 g/mol. The lowest BCUT2D eigenvalue weighted by Gasteiger charge is -2.32. The molecule has 1 aliphatic rings. The Morgan fingerprint density at radius 2 is 1.55 bits per heavy atom. The highest BCUT2D eigenvalue weighted by molar-refractivity contribution is 7.92. The van der Waals surface area contributed by atoms with Crippen LogP contribution in [0.2, 0.25) is 0 Å². The summed E-state index contributed by atoms with van der Waals surface area (Å²) in [6.45, 7) is 1.01. The molecule has 1 aromatic heterocycles. The van der Waals surface area contributed by atoms with Gasteiger partial charge >= 0.3 is 0 Å². The van der Waals surface area contributed by atoms with Crippen LogP contribution in [0.3, 0.4) is 0 Å². The van der Waals surface area contributed by atoms with Crippen LogP contribution in [0.25, 0.3) is 11.0 Å². The molecule has 0 unspecified atom stereocenters. The van der Waals surface area contributed by atoms with E-state index >= 15 is 0 Å². The van der Waals surface area contributed by atoms with Gasteiger partial charge in [-0.25, -0.2) is 18.4 Å². The fourth-order valence-electron chi connectivity index (χ4n) is 4.58. The molecule has 5 rings (SSSR count). The van der Waals surface area contributed by atoms with E-state index in [2.05, 4.69) is 25.3 Å². The molecule has 0 radical (unpaired) electrons. The van der Waals surface area contributed by atoms with Gasteiger partial charge in [0.15, 0.2) is 11.6 Å². The predicted molar refractivity (Wildman–Crippen MR) is 160 cm³/mol. The van der Waals surface area contributed by atoms with E-state index in [9.17, 15) is 13.2 Å². The number of nitrogens with two attached hydrogens (primary N) is 1. The quantitative estimate of drug-likeness (QED) is 0.211. The first-order chi connectivity index (χ1) is 20.2. The number of carbonyl (C=O) groups is 1. The maximum atomic E-state index is 13.6. The molecule has 2 heterocycles. The van der Waals surface area contributed by atoms with Crippen LogP contribution in [0, 0.1) is 0 Å².